The third-order valence-electron chi connectivity index (χ3n) is 1.89. The Bertz CT molecular complexity index is 339. The number of benzene rings is 1. The average Bonchev–Trinajstić information content (AvgIpc) is 2.16. The molecule has 1 aromatic rings. The van der Waals surface area contributed by atoms with Crippen molar-refractivity contribution in [3.05, 3.63) is 29.3 Å². The van der Waals surface area contributed by atoms with E-state index in [1.807, 2.05) is 26.0 Å². The Labute approximate surface area is 77.1 Å². The third-order valence-corrected chi connectivity index (χ3v) is 1.89. The monoisotopic (exact) mass is 177 g/mol. The zero-order chi connectivity index (χ0) is 9.84. The standard InChI is InChI=1S/C10H11NO2/c1-7(2)8-4-3-5-10(13-12)9(8)6-11/h3-5,7,12H,1-2H3. The van der Waals surface area contributed by atoms with Crippen molar-refractivity contribution < 1.29 is 10.1 Å². The van der Waals surface area contributed by atoms with Crippen LogP contribution in [0.25, 0.3) is 0 Å². The largest absolute Gasteiger partial charge is 0.339 e. The highest BCUT2D eigenvalue weighted by atomic mass is 17.1. The third kappa shape index (κ3) is 1.79. The van der Waals surface area contributed by atoms with Gasteiger partial charge < -0.3 is 4.89 Å². The van der Waals surface area contributed by atoms with Crippen LogP contribution in [0.3, 0.4) is 0 Å². The molecule has 0 aromatic heterocycles. The fourth-order valence-electron chi connectivity index (χ4n) is 1.22. The maximum Gasteiger partial charge on any atom is 0.183 e. The van der Waals surface area contributed by atoms with Crippen molar-refractivity contribution in [2.24, 2.45) is 0 Å². The van der Waals surface area contributed by atoms with Gasteiger partial charge in [0.05, 0.1) is 0 Å². The number of hydrogen-bond acceptors (Lipinski definition) is 3. The van der Waals surface area contributed by atoms with Gasteiger partial charge in [-0.15, -0.1) is 0 Å². The Kier molecular flexibility index (Phi) is 2.88. The van der Waals surface area contributed by atoms with Crippen LogP contribution in [-0.4, -0.2) is 5.26 Å². The summed E-state index contributed by atoms with van der Waals surface area (Å²) >= 11 is 0. The topological polar surface area (TPSA) is 53.2 Å². The van der Waals surface area contributed by atoms with E-state index in [2.05, 4.69) is 4.89 Å². The van der Waals surface area contributed by atoms with Gasteiger partial charge in [-0.1, -0.05) is 26.0 Å². The molecule has 1 aromatic carbocycles. The lowest BCUT2D eigenvalue weighted by Crippen LogP contribution is -1.96. The molecule has 0 spiro atoms. The average molecular weight is 177 g/mol. The van der Waals surface area contributed by atoms with Crippen molar-refractivity contribution in [2.45, 2.75) is 19.8 Å². The van der Waals surface area contributed by atoms with E-state index in [1.54, 1.807) is 12.1 Å². The molecule has 0 bridgehead atoms. The van der Waals surface area contributed by atoms with Crippen molar-refractivity contribution in [3.8, 4) is 11.8 Å². The van der Waals surface area contributed by atoms with Crippen LogP contribution in [0, 0.1) is 11.3 Å². The molecule has 0 radical (unpaired) electrons. The summed E-state index contributed by atoms with van der Waals surface area (Å²) in [5.74, 6) is 0.457. The maximum atomic E-state index is 8.84. The maximum absolute atomic E-state index is 8.84. The van der Waals surface area contributed by atoms with Crippen molar-refractivity contribution in [1.82, 2.24) is 0 Å². The first-order valence-corrected chi connectivity index (χ1v) is 4.05. The molecule has 68 valence electrons. The van der Waals surface area contributed by atoms with Gasteiger partial charge in [0.15, 0.2) is 5.75 Å². The molecule has 0 saturated heterocycles. The van der Waals surface area contributed by atoms with Gasteiger partial charge in [-0.05, 0) is 17.5 Å². The first kappa shape index (κ1) is 9.56. The van der Waals surface area contributed by atoms with E-state index in [1.165, 1.54) is 0 Å². The molecule has 1 rings (SSSR count). The normalized spacial score (nSPS) is 9.77. The fraction of sp³-hybridized carbons (Fsp3) is 0.300. The van der Waals surface area contributed by atoms with Crippen LogP contribution in [0.4, 0.5) is 0 Å². The van der Waals surface area contributed by atoms with E-state index in [4.69, 9.17) is 10.5 Å². The highest BCUT2D eigenvalue weighted by Gasteiger charge is 2.11. The summed E-state index contributed by atoms with van der Waals surface area (Å²) in [5.41, 5.74) is 1.29. The van der Waals surface area contributed by atoms with Crippen LogP contribution in [-0.2, 0) is 0 Å². The SMILES string of the molecule is CC(C)c1cccc(OO)c1C#N. The predicted octanol–water partition coefficient (Wildman–Crippen LogP) is 2.53. The van der Waals surface area contributed by atoms with E-state index in [9.17, 15) is 0 Å². The van der Waals surface area contributed by atoms with E-state index in [0.29, 0.717) is 5.56 Å². The second-order valence-corrected chi connectivity index (χ2v) is 3.08. The van der Waals surface area contributed by atoms with Crippen molar-refractivity contribution in [1.29, 1.82) is 5.26 Å². The Morgan fingerprint density at radius 3 is 2.62 bits per heavy atom. The van der Waals surface area contributed by atoms with E-state index in [-0.39, 0.29) is 11.7 Å². The summed E-state index contributed by atoms with van der Waals surface area (Å²) in [6, 6.07) is 7.18. The first-order valence-electron chi connectivity index (χ1n) is 4.05. The lowest BCUT2D eigenvalue weighted by atomic mass is 9.97. The molecule has 3 nitrogen and oxygen atoms in total. The van der Waals surface area contributed by atoms with Gasteiger partial charge in [0, 0.05) is 0 Å². The van der Waals surface area contributed by atoms with Gasteiger partial charge >= 0.3 is 0 Å². The second kappa shape index (κ2) is 3.92. The molecule has 13 heavy (non-hydrogen) atoms. The van der Waals surface area contributed by atoms with Gasteiger partial charge in [0.2, 0.25) is 0 Å². The minimum absolute atomic E-state index is 0.216. The Morgan fingerprint density at radius 2 is 2.15 bits per heavy atom. The van der Waals surface area contributed by atoms with Crippen LogP contribution in [0.15, 0.2) is 18.2 Å². The molecule has 0 aliphatic carbocycles. The molecule has 0 fully saturated rings. The zero-order valence-corrected chi connectivity index (χ0v) is 7.61. The summed E-state index contributed by atoms with van der Waals surface area (Å²) in [4.78, 5) is 4.10. The lowest BCUT2D eigenvalue weighted by Gasteiger charge is -2.09. The molecule has 3 heteroatoms. The molecular weight excluding hydrogens is 166 g/mol. The van der Waals surface area contributed by atoms with E-state index in [0.717, 1.165) is 5.56 Å². The molecule has 0 heterocycles. The second-order valence-electron chi connectivity index (χ2n) is 3.08. The molecule has 1 N–H and O–H groups in total. The van der Waals surface area contributed by atoms with Gasteiger partial charge in [-0.3, -0.25) is 0 Å². The Morgan fingerprint density at radius 1 is 1.46 bits per heavy atom. The molecule has 0 saturated carbocycles. The van der Waals surface area contributed by atoms with Crippen LogP contribution in [0.2, 0.25) is 0 Å². The molecular formula is C10H11NO2. The molecule has 0 unspecified atom stereocenters. The van der Waals surface area contributed by atoms with Crippen LogP contribution in [0.5, 0.6) is 5.75 Å². The van der Waals surface area contributed by atoms with E-state index < -0.39 is 0 Å². The molecule has 0 atom stereocenters. The molecule has 0 amide bonds. The number of nitriles is 1. The highest BCUT2D eigenvalue weighted by Crippen LogP contribution is 2.26. The number of hydrogen-bond donors (Lipinski definition) is 1. The summed E-state index contributed by atoms with van der Waals surface area (Å²) in [5, 5.41) is 17.3. The Hall–Kier alpha value is -1.53. The van der Waals surface area contributed by atoms with Crippen molar-refractivity contribution in [3.63, 3.8) is 0 Å². The van der Waals surface area contributed by atoms with Gasteiger partial charge in [-0.2, -0.15) is 5.26 Å². The van der Waals surface area contributed by atoms with Gasteiger partial charge in [-0.25, -0.2) is 5.26 Å². The van der Waals surface area contributed by atoms with Gasteiger partial charge in [0.1, 0.15) is 11.6 Å². The van der Waals surface area contributed by atoms with Crippen molar-refractivity contribution >= 4 is 0 Å². The summed E-state index contributed by atoms with van der Waals surface area (Å²) in [6.07, 6.45) is 0. The predicted molar refractivity (Wildman–Crippen MR) is 48.5 cm³/mol. The Balaban J connectivity index is 3.29. The minimum Gasteiger partial charge on any atom is -0.339 e. The fourth-order valence-corrected chi connectivity index (χ4v) is 1.22. The van der Waals surface area contributed by atoms with Crippen LogP contribution >= 0.6 is 0 Å². The molecule has 0 aliphatic heterocycles. The summed E-state index contributed by atoms with van der Waals surface area (Å²) in [7, 11) is 0. The lowest BCUT2D eigenvalue weighted by molar-refractivity contribution is -0.137. The van der Waals surface area contributed by atoms with Crippen LogP contribution in [0.1, 0.15) is 30.9 Å². The smallest absolute Gasteiger partial charge is 0.183 e. The summed E-state index contributed by atoms with van der Waals surface area (Å²) < 4.78 is 0. The van der Waals surface area contributed by atoms with Gasteiger partial charge in [0.25, 0.3) is 0 Å². The number of rotatable bonds is 2. The van der Waals surface area contributed by atoms with Crippen LogP contribution < -0.4 is 4.89 Å². The number of nitrogens with zero attached hydrogens (tertiary/aromatic N) is 1. The van der Waals surface area contributed by atoms with E-state index >= 15 is 0 Å². The quantitative estimate of drug-likeness (QED) is 0.557. The molecule has 0 aliphatic rings. The first-order chi connectivity index (χ1) is 6.20. The summed E-state index contributed by atoms with van der Waals surface area (Å²) in [6.45, 7) is 3.97. The minimum atomic E-state index is 0.216. The van der Waals surface area contributed by atoms with Crippen molar-refractivity contribution in [2.75, 3.05) is 0 Å². The zero-order valence-electron chi connectivity index (χ0n) is 7.61. The highest BCUT2D eigenvalue weighted by molar-refractivity contribution is 5.49.